The number of hydroxylamine groups is 1. The normalized spacial score (nSPS) is 14.7. The van der Waals surface area contributed by atoms with Gasteiger partial charge < -0.3 is 0 Å². The molecule has 0 aliphatic heterocycles. The Bertz CT molecular complexity index is 819. The highest BCUT2D eigenvalue weighted by Crippen LogP contribution is 2.28. The van der Waals surface area contributed by atoms with E-state index in [2.05, 4.69) is 27.6 Å². The molecular weight excluding hydrogens is 439 g/mol. The van der Waals surface area contributed by atoms with Gasteiger partial charge in [-0.1, -0.05) is 0 Å². The molecule has 0 saturated carbocycles. The van der Waals surface area contributed by atoms with Crippen LogP contribution in [0.2, 0.25) is 0 Å². The molecule has 9 heteroatoms. The van der Waals surface area contributed by atoms with Crippen molar-refractivity contribution < 1.29 is 18.4 Å². The molecular formula is C13H15IN2O4S2. The summed E-state index contributed by atoms with van der Waals surface area (Å²) < 4.78 is 24.2. The van der Waals surface area contributed by atoms with E-state index in [1.807, 2.05) is 18.2 Å². The van der Waals surface area contributed by atoms with Crippen LogP contribution in [-0.2, 0) is 21.1 Å². The second kappa shape index (κ2) is 6.38. The first-order valence-electron chi connectivity index (χ1n) is 6.36. The van der Waals surface area contributed by atoms with E-state index in [1.54, 1.807) is 0 Å². The number of aryl methyl sites for hydroxylation is 1. The van der Waals surface area contributed by atoms with Crippen LogP contribution in [0.3, 0.4) is 0 Å². The number of halogens is 1. The third-order valence-corrected chi connectivity index (χ3v) is 7.39. The van der Waals surface area contributed by atoms with E-state index in [4.69, 9.17) is 5.21 Å². The fourth-order valence-corrected chi connectivity index (χ4v) is 4.55. The summed E-state index contributed by atoms with van der Waals surface area (Å²) in [6, 6.07) is 5.87. The van der Waals surface area contributed by atoms with Crippen LogP contribution < -0.4 is 5.48 Å². The zero-order valence-corrected chi connectivity index (χ0v) is 15.8. The summed E-state index contributed by atoms with van der Waals surface area (Å²) in [5, 5.41) is 9.56. The molecule has 1 atom stereocenters. The summed E-state index contributed by atoms with van der Waals surface area (Å²) in [5.41, 5.74) is 2.30. The van der Waals surface area contributed by atoms with E-state index in [9.17, 15) is 13.2 Å². The van der Waals surface area contributed by atoms with Crippen LogP contribution in [0.4, 0.5) is 0 Å². The highest BCUT2D eigenvalue weighted by molar-refractivity contribution is 14.1. The molecule has 2 N–H and O–H groups in total. The zero-order chi connectivity index (χ0) is 16.5. The molecule has 0 aliphatic carbocycles. The molecule has 1 amide bonds. The lowest BCUT2D eigenvalue weighted by molar-refractivity contribution is -0.131. The largest absolute Gasteiger partial charge is 0.289 e. The molecule has 6 nitrogen and oxygen atoms in total. The minimum Gasteiger partial charge on any atom is -0.289 e. The average Bonchev–Trinajstić information content (AvgIpc) is 2.84. The number of carbonyl (C=O) groups is 1. The standard InChI is InChI=1S/C13H15IN2O4S2/c1-13(12(17)16-18,22(2,19)20)6-5-11-15-9-4-3-8(14)7-10(9)21-11/h3-4,7,18H,5-6H2,1-2H3,(H,16,17)/t13-/m1/s1. The van der Waals surface area contributed by atoms with Gasteiger partial charge in [0.15, 0.2) is 9.84 Å². The molecule has 0 fully saturated rings. The van der Waals surface area contributed by atoms with Crippen LogP contribution in [0.5, 0.6) is 0 Å². The number of hydrogen-bond acceptors (Lipinski definition) is 6. The SMILES string of the molecule is C[C@@](CCc1nc2ccc(I)cc2s1)(C(=O)NO)S(C)(=O)=O. The van der Waals surface area contributed by atoms with Crippen LogP contribution >= 0.6 is 33.9 Å². The lowest BCUT2D eigenvalue weighted by Gasteiger charge is -2.24. The number of nitrogens with one attached hydrogen (secondary N) is 1. The molecule has 1 aromatic carbocycles. The van der Waals surface area contributed by atoms with Crippen molar-refractivity contribution in [2.24, 2.45) is 0 Å². The van der Waals surface area contributed by atoms with Gasteiger partial charge >= 0.3 is 0 Å². The van der Waals surface area contributed by atoms with Crippen molar-refractivity contribution in [3.63, 3.8) is 0 Å². The molecule has 1 aromatic heterocycles. The average molecular weight is 454 g/mol. The van der Waals surface area contributed by atoms with Gasteiger partial charge in [-0.05, 0) is 54.1 Å². The molecule has 2 aromatic rings. The molecule has 0 bridgehead atoms. The van der Waals surface area contributed by atoms with Crippen LogP contribution in [0.25, 0.3) is 10.2 Å². The molecule has 0 aliphatic rings. The Morgan fingerprint density at radius 3 is 2.77 bits per heavy atom. The molecule has 0 spiro atoms. The van der Waals surface area contributed by atoms with Crippen molar-refractivity contribution in [1.29, 1.82) is 0 Å². The van der Waals surface area contributed by atoms with Crippen molar-refractivity contribution in [2.75, 3.05) is 6.26 Å². The van der Waals surface area contributed by atoms with Crippen molar-refractivity contribution in [3.8, 4) is 0 Å². The van der Waals surface area contributed by atoms with E-state index in [0.717, 1.165) is 25.1 Å². The van der Waals surface area contributed by atoms with Crippen LogP contribution in [0.15, 0.2) is 18.2 Å². The number of nitrogens with zero attached hydrogens (tertiary/aromatic N) is 1. The second-order valence-corrected chi connectivity index (χ2v) is 9.97. The molecule has 0 unspecified atom stereocenters. The number of benzene rings is 1. The summed E-state index contributed by atoms with van der Waals surface area (Å²) in [6.07, 6.45) is 1.38. The van der Waals surface area contributed by atoms with Gasteiger partial charge in [0.05, 0.1) is 15.2 Å². The Morgan fingerprint density at radius 2 is 2.18 bits per heavy atom. The van der Waals surface area contributed by atoms with E-state index in [0.29, 0.717) is 6.42 Å². The van der Waals surface area contributed by atoms with Gasteiger partial charge in [0.2, 0.25) is 0 Å². The smallest absolute Gasteiger partial charge is 0.264 e. The summed E-state index contributed by atoms with van der Waals surface area (Å²) in [6.45, 7) is 1.31. The predicted molar refractivity (Wildman–Crippen MR) is 93.8 cm³/mol. The number of carbonyl (C=O) groups excluding carboxylic acids is 1. The van der Waals surface area contributed by atoms with E-state index in [-0.39, 0.29) is 6.42 Å². The Hall–Kier alpha value is -0.780. The first kappa shape index (κ1) is 17.6. The first-order valence-corrected chi connectivity index (χ1v) is 10.1. The topological polar surface area (TPSA) is 96.4 Å². The van der Waals surface area contributed by atoms with E-state index < -0.39 is 20.5 Å². The van der Waals surface area contributed by atoms with Gasteiger partial charge in [0.25, 0.3) is 5.91 Å². The fraction of sp³-hybridized carbons (Fsp3) is 0.385. The minimum absolute atomic E-state index is 0.0507. The van der Waals surface area contributed by atoms with Crippen molar-refractivity contribution in [2.45, 2.75) is 24.5 Å². The minimum atomic E-state index is -3.68. The number of aromatic nitrogens is 1. The maximum Gasteiger partial charge on any atom is 0.264 e. The van der Waals surface area contributed by atoms with Gasteiger partial charge in [-0.25, -0.2) is 18.9 Å². The Kier molecular flexibility index (Phi) is 5.09. The highest BCUT2D eigenvalue weighted by atomic mass is 127. The number of thiazole rings is 1. The van der Waals surface area contributed by atoms with Gasteiger partial charge in [0, 0.05) is 16.2 Å². The maximum atomic E-state index is 11.9. The maximum absolute atomic E-state index is 11.9. The number of fused-ring (bicyclic) bond motifs is 1. The Morgan fingerprint density at radius 1 is 1.50 bits per heavy atom. The van der Waals surface area contributed by atoms with Gasteiger partial charge in [-0.3, -0.25) is 10.0 Å². The molecule has 120 valence electrons. The lowest BCUT2D eigenvalue weighted by Crippen LogP contribution is -2.49. The van der Waals surface area contributed by atoms with Crippen molar-refractivity contribution in [1.82, 2.24) is 10.5 Å². The summed E-state index contributed by atoms with van der Waals surface area (Å²) in [7, 11) is -3.68. The van der Waals surface area contributed by atoms with Crippen LogP contribution in [-0.4, -0.2) is 35.5 Å². The number of amides is 1. The predicted octanol–water partition coefficient (Wildman–Crippen LogP) is 2.14. The molecule has 0 radical (unpaired) electrons. The second-order valence-electron chi connectivity index (χ2n) is 5.16. The number of rotatable bonds is 5. The summed E-state index contributed by atoms with van der Waals surface area (Å²) >= 11 is 3.69. The molecule has 1 heterocycles. The molecule has 22 heavy (non-hydrogen) atoms. The Labute approximate surface area is 146 Å². The number of sulfone groups is 1. The molecule has 2 rings (SSSR count). The van der Waals surface area contributed by atoms with Crippen molar-refractivity contribution in [3.05, 3.63) is 26.8 Å². The van der Waals surface area contributed by atoms with E-state index in [1.165, 1.54) is 23.7 Å². The first-order chi connectivity index (χ1) is 10.2. The monoisotopic (exact) mass is 454 g/mol. The summed E-state index contributed by atoms with van der Waals surface area (Å²) in [4.78, 5) is 16.2. The van der Waals surface area contributed by atoms with Gasteiger partial charge in [0.1, 0.15) is 4.75 Å². The summed E-state index contributed by atoms with van der Waals surface area (Å²) in [5.74, 6) is -0.925. The molecule has 0 saturated heterocycles. The zero-order valence-electron chi connectivity index (χ0n) is 12.0. The van der Waals surface area contributed by atoms with Gasteiger partial charge in [-0.2, -0.15) is 0 Å². The van der Waals surface area contributed by atoms with Crippen molar-refractivity contribution >= 4 is 59.9 Å². The fourth-order valence-electron chi connectivity index (χ4n) is 1.98. The quantitative estimate of drug-likeness (QED) is 0.410. The lowest BCUT2D eigenvalue weighted by atomic mass is 10.0. The van der Waals surface area contributed by atoms with Crippen LogP contribution in [0.1, 0.15) is 18.4 Å². The van der Waals surface area contributed by atoms with Gasteiger partial charge in [-0.15, -0.1) is 11.3 Å². The third-order valence-electron chi connectivity index (χ3n) is 3.61. The highest BCUT2D eigenvalue weighted by Gasteiger charge is 2.43. The number of hydrogen-bond donors (Lipinski definition) is 2. The van der Waals surface area contributed by atoms with Crippen LogP contribution in [0, 0.1) is 3.57 Å². The third kappa shape index (κ3) is 3.42. The Balaban J connectivity index is 2.26. The van der Waals surface area contributed by atoms with E-state index >= 15 is 0 Å².